The predicted octanol–water partition coefficient (Wildman–Crippen LogP) is 1.62. The van der Waals surface area contributed by atoms with Gasteiger partial charge in [-0.15, -0.1) is 0 Å². The first kappa shape index (κ1) is 10.3. The second kappa shape index (κ2) is 3.74. The van der Waals surface area contributed by atoms with Crippen LogP contribution in [0.25, 0.3) is 0 Å². The van der Waals surface area contributed by atoms with E-state index in [1.807, 2.05) is 19.9 Å². The molecule has 1 heterocycles. The number of nitrogens with zero attached hydrogens (tertiary/aromatic N) is 1. The Bertz CT molecular complexity index is 397. The van der Waals surface area contributed by atoms with Crippen molar-refractivity contribution in [2.45, 2.75) is 32.7 Å². The monoisotopic (exact) mass is 204 g/mol. The van der Waals surface area contributed by atoms with Crippen LogP contribution in [0.5, 0.6) is 0 Å². The molecule has 1 aliphatic rings. The first-order valence-electron chi connectivity index (χ1n) is 5.32. The van der Waals surface area contributed by atoms with Gasteiger partial charge in [-0.25, -0.2) is 0 Å². The van der Waals surface area contributed by atoms with Gasteiger partial charge >= 0.3 is 0 Å². The number of pyridine rings is 1. The third-order valence-electron chi connectivity index (χ3n) is 3.06. The molecule has 1 aromatic heterocycles. The SMILES string of the molecule is Cc1cc(C(=O)C(N)C2CC2)cnc1C. The van der Waals surface area contributed by atoms with Gasteiger partial charge in [0.25, 0.3) is 0 Å². The average molecular weight is 204 g/mol. The molecule has 0 amide bonds. The first-order chi connectivity index (χ1) is 7.09. The highest BCUT2D eigenvalue weighted by molar-refractivity contribution is 6.00. The Kier molecular flexibility index (Phi) is 2.57. The highest BCUT2D eigenvalue weighted by atomic mass is 16.1. The summed E-state index contributed by atoms with van der Waals surface area (Å²) >= 11 is 0. The number of Topliss-reactive ketones (excluding diaryl/α,β-unsaturated/α-hetero) is 1. The molecule has 0 aromatic carbocycles. The Morgan fingerprint density at radius 3 is 2.73 bits per heavy atom. The smallest absolute Gasteiger partial charge is 0.181 e. The third kappa shape index (κ3) is 2.07. The Balaban J connectivity index is 2.21. The van der Waals surface area contributed by atoms with E-state index >= 15 is 0 Å². The minimum atomic E-state index is -0.325. The van der Waals surface area contributed by atoms with Crippen LogP contribution in [0.3, 0.4) is 0 Å². The van der Waals surface area contributed by atoms with Crippen LogP contribution in [0.2, 0.25) is 0 Å². The summed E-state index contributed by atoms with van der Waals surface area (Å²) in [6, 6.07) is 1.56. The summed E-state index contributed by atoms with van der Waals surface area (Å²) in [7, 11) is 0. The number of carbonyl (C=O) groups excluding carboxylic acids is 1. The number of ketones is 1. The van der Waals surface area contributed by atoms with Gasteiger partial charge < -0.3 is 5.73 Å². The molecule has 3 nitrogen and oxygen atoms in total. The maximum absolute atomic E-state index is 11.9. The molecular weight excluding hydrogens is 188 g/mol. The lowest BCUT2D eigenvalue weighted by Gasteiger charge is -2.09. The minimum absolute atomic E-state index is 0.0353. The number of carbonyl (C=O) groups is 1. The normalized spacial score (nSPS) is 17.5. The maximum atomic E-state index is 11.9. The van der Waals surface area contributed by atoms with Gasteiger partial charge in [0.1, 0.15) is 0 Å². The van der Waals surface area contributed by atoms with Crippen molar-refractivity contribution in [1.29, 1.82) is 0 Å². The zero-order valence-electron chi connectivity index (χ0n) is 9.16. The summed E-state index contributed by atoms with van der Waals surface area (Å²) in [6.45, 7) is 3.90. The maximum Gasteiger partial charge on any atom is 0.181 e. The van der Waals surface area contributed by atoms with Crippen molar-refractivity contribution in [2.24, 2.45) is 11.7 Å². The van der Waals surface area contributed by atoms with E-state index in [1.54, 1.807) is 6.20 Å². The molecule has 0 aliphatic heterocycles. The summed E-state index contributed by atoms with van der Waals surface area (Å²) in [5.41, 5.74) is 8.53. The van der Waals surface area contributed by atoms with Gasteiger partial charge in [-0.2, -0.15) is 0 Å². The molecule has 80 valence electrons. The lowest BCUT2D eigenvalue weighted by molar-refractivity contribution is 0.0951. The van der Waals surface area contributed by atoms with Crippen LogP contribution in [-0.2, 0) is 0 Å². The summed E-state index contributed by atoms with van der Waals surface area (Å²) in [4.78, 5) is 16.1. The molecule has 0 spiro atoms. The Morgan fingerprint density at radius 2 is 2.20 bits per heavy atom. The molecule has 1 atom stereocenters. The van der Waals surface area contributed by atoms with E-state index in [-0.39, 0.29) is 11.8 Å². The van der Waals surface area contributed by atoms with Crippen molar-refractivity contribution >= 4 is 5.78 Å². The third-order valence-corrected chi connectivity index (χ3v) is 3.06. The lowest BCUT2D eigenvalue weighted by Crippen LogP contribution is -2.32. The number of hydrogen-bond donors (Lipinski definition) is 1. The van der Waals surface area contributed by atoms with Crippen molar-refractivity contribution in [1.82, 2.24) is 4.98 Å². The number of nitrogens with two attached hydrogens (primary N) is 1. The molecule has 2 N–H and O–H groups in total. The first-order valence-corrected chi connectivity index (χ1v) is 5.32. The van der Waals surface area contributed by atoms with E-state index in [0.717, 1.165) is 24.1 Å². The van der Waals surface area contributed by atoms with Crippen molar-refractivity contribution in [3.63, 3.8) is 0 Å². The topological polar surface area (TPSA) is 56.0 Å². The van der Waals surface area contributed by atoms with Crippen molar-refractivity contribution in [3.8, 4) is 0 Å². The van der Waals surface area contributed by atoms with Gasteiger partial charge in [-0.3, -0.25) is 9.78 Å². The fraction of sp³-hybridized carbons (Fsp3) is 0.500. The fourth-order valence-electron chi connectivity index (χ4n) is 1.64. The zero-order valence-corrected chi connectivity index (χ0v) is 9.16. The predicted molar refractivity (Wildman–Crippen MR) is 58.7 cm³/mol. The van der Waals surface area contributed by atoms with Crippen LogP contribution in [0.15, 0.2) is 12.3 Å². The van der Waals surface area contributed by atoms with Crippen molar-refractivity contribution in [3.05, 3.63) is 29.1 Å². The molecule has 2 rings (SSSR count). The second-order valence-electron chi connectivity index (χ2n) is 4.35. The van der Waals surface area contributed by atoms with Gasteiger partial charge in [0.05, 0.1) is 6.04 Å². The highest BCUT2D eigenvalue weighted by Crippen LogP contribution is 2.32. The highest BCUT2D eigenvalue weighted by Gasteiger charge is 2.33. The van der Waals surface area contributed by atoms with Gasteiger partial charge in [0.2, 0.25) is 0 Å². The van der Waals surface area contributed by atoms with Crippen LogP contribution >= 0.6 is 0 Å². The van der Waals surface area contributed by atoms with Gasteiger partial charge in [0.15, 0.2) is 5.78 Å². The standard InChI is InChI=1S/C12H16N2O/c1-7-5-10(6-14-8(7)2)12(15)11(13)9-3-4-9/h5-6,9,11H,3-4,13H2,1-2H3. The lowest BCUT2D eigenvalue weighted by atomic mass is 10.0. The summed E-state index contributed by atoms with van der Waals surface area (Å²) in [5.74, 6) is 0.437. The zero-order chi connectivity index (χ0) is 11.0. The van der Waals surface area contributed by atoms with E-state index in [2.05, 4.69) is 4.98 Å². The second-order valence-corrected chi connectivity index (χ2v) is 4.35. The van der Waals surface area contributed by atoms with Gasteiger partial charge in [-0.1, -0.05) is 0 Å². The molecular formula is C12H16N2O. The van der Waals surface area contributed by atoms with E-state index in [4.69, 9.17) is 5.73 Å². The van der Waals surface area contributed by atoms with E-state index in [9.17, 15) is 4.79 Å². The summed E-state index contributed by atoms with van der Waals surface area (Å²) < 4.78 is 0. The minimum Gasteiger partial charge on any atom is -0.321 e. The number of aryl methyl sites for hydroxylation is 2. The molecule has 3 heteroatoms. The Labute approximate surface area is 89.7 Å². The van der Waals surface area contributed by atoms with E-state index < -0.39 is 0 Å². The van der Waals surface area contributed by atoms with E-state index in [0.29, 0.717) is 11.5 Å². The van der Waals surface area contributed by atoms with E-state index in [1.165, 1.54) is 0 Å². The molecule has 1 saturated carbocycles. The van der Waals surface area contributed by atoms with Gasteiger partial charge in [0, 0.05) is 17.5 Å². The molecule has 1 aliphatic carbocycles. The number of rotatable bonds is 3. The van der Waals surface area contributed by atoms with Crippen LogP contribution in [0.1, 0.15) is 34.5 Å². The molecule has 0 saturated heterocycles. The van der Waals surface area contributed by atoms with Crippen LogP contribution < -0.4 is 5.73 Å². The summed E-state index contributed by atoms with van der Waals surface area (Å²) in [6.07, 6.45) is 3.81. The average Bonchev–Trinajstić information content (AvgIpc) is 3.03. The Morgan fingerprint density at radius 1 is 1.53 bits per heavy atom. The molecule has 15 heavy (non-hydrogen) atoms. The molecule has 0 bridgehead atoms. The quantitative estimate of drug-likeness (QED) is 0.761. The van der Waals surface area contributed by atoms with Crippen LogP contribution in [0.4, 0.5) is 0 Å². The fourth-order valence-corrected chi connectivity index (χ4v) is 1.64. The van der Waals surface area contributed by atoms with Crippen molar-refractivity contribution in [2.75, 3.05) is 0 Å². The number of hydrogen-bond acceptors (Lipinski definition) is 3. The number of aromatic nitrogens is 1. The molecule has 0 radical (unpaired) electrons. The van der Waals surface area contributed by atoms with Gasteiger partial charge in [-0.05, 0) is 44.2 Å². The molecule has 1 unspecified atom stereocenters. The van der Waals surface area contributed by atoms with Crippen LogP contribution in [0, 0.1) is 19.8 Å². The van der Waals surface area contributed by atoms with Crippen molar-refractivity contribution < 1.29 is 4.79 Å². The Hall–Kier alpha value is -1.22. The largest absolute Gasteiger partial charge is 0.321 e. The molecule has 1 aromatic rings. The summed E-state index contributed by atoms with van der Waals surface area (Å²) in [5, 5.41) is 0. The van der Waals surface area contributed by atoms with Crippen LogP contribution in [-0.4, -0.2) is 16.8 Å². The molecule has 1 fully saturated rings.